The molecule has 47 heavy (non-hydrogen) atoms. The molecule has 1 aliphatic heterocycles. The van der Waals surface area contributed by atoms with Crippen molar-refractivity contribution in [3.8, 4) is 45.3 Å². The molecule has 3 N–H and O–H groups in total. The molecular weight excluding hydrogens is 637 g/mol. The number of rotatable bonds is 13. The third kappa shape index (κ3) is 8.05. The fourth-order valence-corrected chi connectivity index (χ4v) is 6.67. The van der Waals surface area contributed by atoms with E-state index in [1.165, 1.54) is 0 Å². The minimum atomic E-state index is -0.431. The van der Waals surface area contributed by atoms with Crippen molar-refractivity contribution in [1.29, 1.82) is 0 Å². The van der Waals surface area contributed by atoms with Crippen LogP contribution in [-0.4, -0.2) is 72.4 Å². The molecule has 0 saturated carbocycles. The number of benzene rings is 2. The number of aryl methyl sites for hydroxylation is 1. The number of aliphatic hydroxyl groups is 1. The van der Waals surface area contributed by atoms with Crippen LogP contribution in [0.15, 0.2) is 54.7 Å². The summed E-state index contributed by atoms with van der Waals surface area (Å²) >= 11 is 14.2. The molecule has 11 heteroatoms. The molecule has 2 unspecified atom stereocenters. The van der Waals surface area contributed by atoms with Crippen LogP contribution in [0.4, 0.5) is 0 Å². The lowest BCUT2D eigenvalue weighted by atomic mass is 9.97. The van der Waals surface area contributed by atoms with Gasteiger partial charge < -0.3 is 25.2 Å². The number of nitrogens with one attached hydrogen (secondary N) is 2. The predicted molar refractivity (Wildman–Crippen MR) is 187 cm³/mol. The number of nitrogens with zero attached hydrogens (tertiary/aromatic N) is 3. The Morgan fingerprint density at radius 1 is 1.09 bits per heavy atom. The molecule has 2 aromatic carbocycles. The van der Waals surface area contributed by atoms with E-state index >= 15 is 0 Å². The Bertz CT molecular complexity index is 1750. The Hall–Kier alpha value is -3.73. The summed E-state index contributed by atoms with van der Waals surface area (Å²) in [7, 11) is 5.22. The number of amides is 1. The summed E-state index contributed by atoms with van der Waals surface area (Å²) in [6, 6.07) is 15.7. The van der Waals surface area contributed by atoms with Crippen molar-refractivity contribution in [2.24, 2.45) is 0 Å². The number of aromatic nitrogens is 2. The highest BCUT2D eigenvalue weighted by atomic mass is 35.5. The van der Waals surface area contributed by atoms with Gasteiger partial charge in [-0.1, -0.05) is 47.5 Å². The van der Waals surface area contributed by atoms with Crippen LogP contribution in [0, 0.1) is 6.92 Å². The zero-order valence-electron chi connectivity index (χ0n) is 27.4. The Balaban J connectivity index is 1.42. The fourth-order valence-electron chi connectivity index (χ4n) is 6.02. The first-order valence-electron chi connectivity index (χ1n) is 15.6. The predicted octanol–water partition coefficient (Wildman–Crippen LogP) is 6.29. The van der Waals surface area contributed by atoms with Crippen LogP contribution in [0.3, 0.4) is 0 Å². The van der Waals surface area contributed by atoms with Gasteiger partial charge in [-0.15, -0.1) is 0 Å². The first-order chi connectivity index (χ1) is 22.6. The molecule has 1 aliphatic rings. The number of carbonyl (C=O) groups excluding carboxylic acids is 1. The van der Waals surface area contributed by atoms with E-state index in [9.17, 15) is 9.90 Å². The van der Waals surface area contributed by atoms with E-state index in [1.807, 2.05) is 56.4 Å². The molecule has 0 bridgehead atoms. The lowest BCUT2D eigenvalue weighted by molar-refractivity contribution is -0.119. The highest BCUT2D eigenvalue weighted by Gasteiger charge is 2.22. The molecular formula is C36H41Cl2N5O4. The summed E-state index contributed by atoms with van der Waals surface area (Å²) in [5, 5.41) is 17.2. The van der Waals surface area contributed by atoms with Crippen molar-refractivity contribution < 1.29 is 19.4 Å². The monoisotopic (exact) mass is 677 g/mol. The number of halogens is 2. The highest BCUT2D eigenvalue weighted by Crippen LogP contribution is 2.42. The zero-order chi connectivity index (χ0) is 33.7. The number of aliphatic hydroxyl groups excluding tert-OH is 1. The van der Waals surface area contributed by atoms with Gasteiger partial charge in [0.25, 0.3) is 0 Å². The van der Waals surface area contributed by atoms with Crippen molar-refractivity contribution >= 4 is 29.1 Å². The largest absolute Gasteiger partial charge is 0.496 e. The van der Waals surface area contributed by atoms with Crippen LogP contribution in [0.1, 0.15) is 36.5 Å². The van der Waals surface area contributed by atoms with Gasteiger partial charge in [0.2, 0.25) is 11.8 Å². The van der Waals surface area contributed by atoms with E-state index in [1.54, 1.807) is 27.3 Å². The summed E-state index contributed by atoms with van der Waals surface area (Å²) in [4.78, 5) is 23.0. The molecule has 2 atom stereocenters. The SMILES string of the molecule is COc1cc(-c2nccc(-c3cccc(-c4ccc(CNCC5CCC(=O)N5)c(OC)n4)c3Cl)c2Cl)cc(C)c1CN(C)CC(C)O. The van der Waals surface area contributed by atoms with Crippen LogP contribution in [0.5, 0.6) is 11.6 Å². The Morgan fingerprint density at radius 2 is 1.85 bits per heavy atom. The molecule has 0 aliphatic carbocycles. The van der Waals surface area contributed by atoms with Crippen molar-refractivity contribution in [3.05, 3.63) is 81.5 Å². The number of likely N-dealkylation sites (N-methyl/N-ethyl adjacent to an activating group) is 1. The van der Waals surface area contributed by atoms with Gasteiger partial charge in [-0.05, 0) is 57.1 Å². The second-order valence-electron chi connectivity index (χ2n) is 12.0. The van der Waals surface area contributed by atoms with Gasteiger partial charge in [0.15, 0.2) is 0 Å². The maximum Gasteiger partial charge on any atom is 0.220 e. The topological polar surface area (TPSA) is 109 Å². The van der Waals surface area contributed by atoms with Crippen molar-refractivity contribution in [2.75, 3.05) is 34.4 Å². The van der Waals surface area contributed by atoms with Gasteiger partial charge in [-0.3, -0.25) is 14.7 Å². The number of carbonyl (C=O) groups is 1. The van der Waals surface area contributed by atoms with E-state index in [2.05, 4.69) is 26.6 Å². The number of pyridine rings is 2. The summed E-state index contributed by atoms with van der Waals surface area (Å²) in [6.07, 6.45) is 2.71. The maximum atomic E-state index is 11.5. The Kier molecular flexibility index (Phi) is 11.4. The molecule has 9 nitrogen and oxygen atoms in total. The van der Waals surface area contributed by atoms with Gasteiger partial charge >= 0.3 is 0 Å². The van der Waals surface area contributed by atoms with Gasteiger partial charge in [0.05, 0.1) is 41.8 Å². The molecule has 0 radical (unpaired) electrons. The van der Waals surface area contributed by atoms with E-state index in [4.69, 9.17) is 37.7 Å². The molecule has 0 spiro atoms. The van der Waals surface area contributed by atoms with Crippen LogP contribution in [-0.2, 0) is 17.9 Å². The maximum absolute atomic E-state index is 11.5. The summed E-state index contributed by atoms with van der Waals surface area (Å²) < 4.78 is 11.4. The third-order valence-electron chi connectivity index (χ3n) is 8.31. The zero-order valence-corrected chi connectivity index (χ0v) is 28.9. The van der Waals surface area contributed by atoms with E-state index in [0.717, 1.165) is 51.1 Å². The Labute approximate surface area is 286 Å². The van der Waals surface area contributed by atoms with Crippen LogP contribution < -0.4 is 20.1 Å². The first-order valence-corrected chi connectivity index (χ1v) is 16.4. The molecule has 5 rings (SSSR count). The van der Waals surface area contributed by atoms with Gasteiger partial charge in [0, 0.05) is 78.2 Å². The number of ether oxygens (including phenoxy) is 2. The van der Waals surface area contributed by atoms with E-state index in [0.29, 0.717) is 59.9 Å². The average Bonchev–Trinajstić information content (AvgIpc) is 3.46. The second-order valence-corrected chi connectivity index (χ2v) is 12.8. The summed E-state index contributed by atoms with van der Waals surface area (Å²) in [5.74, 6) is 1.33. The molecule has 1 amide bonds. The standard InChI is InChI=1S/C36H41Cl2N5O4/c1-21-15-24(16-31(46-4)29(21)20-43(3)19-22(2)44)35-34(38)27(13-14-40-35)26-7-6-8-28(33(26)37)30-11-9-23(36(42-30)47-5)17-39-18-25-10-12-32(45)41-25/h6-9,11,13-16,22,25,39,44H,10,12,17-20H2,1-5H3,(H,41,45). The minimum Gasteiger partial charge on any atom is -0.496 e. The number of hydrogen-bond acceptors (Lipinski definition) is 8. The molecule has 1 saturated heterocycles. The van der Waals surface area contributed by atoms with Gasteiger partial charge in [-0.25, -0.2) is 4.98 Å². The fraction of sp³-hybridized carbons (Fsp3) is 0.361. The summed E-state index contributed by atoms with van der Waals surface area (Å²) in [6.45, 7) is 6.21. The highest BCUT2D eigenvalue weighted by molar-refractivity contribution is 6.39. The molecule has 3 heterocycles. The molecule has 1 fully saturated rings. The number of methoxy groups -OCH3 is 2. The lowest BCUT2D eigenvalue weighted by Gasteiger charge is -2.22. The molecule has 4 aromatic rings. The first kappa shape index (κ1) is 34.6. The number of hydrogen-bond donors (Lipinski definition) is 3. The minimum absolute atomic E-state index is 0.0990. The van der Waals surface area contributed by atoms with Gasteiger partial charge in [-0.2, -0.15) is 0 Å². The van der Waals surface area contributed by atoms with Gasteiger partial charge in [0.1, 0.15) is 5.75 Å². The van der Waals surface area contributed by atoms with Crippen molar-refractivity contribution in [3.63, 3.8) is 0 Å². The second kappa shape index (κ2) is 15.4. The average molecular weight is 679 g/mol. The lowest BCUT2D eigenvalue weighted by Crippen LogP contribution is -2.35. The van der Waals surface area contributed by atoms with Crippen molar-refractivity contribution in [2.45, 2.75) is 51.9 Å². The van der Waals surface area contributed by atoms with Crippen LogP contribution in [0.25, 0.3) is 33.6 Å². The van der Waals surface area contributed by atoms with E-state index in [-0.39, 0.29) is 11.9 Å². The smallest absolute Gasteiger partial charge is 0.220 e. The Morgan fingerprint density at radius 3 is 2.55 bits per heavy atom. The molecule has 248 valence electrons. The van der Waals surface area contributed by atoms with Crippen LogP contribution in [0.2, 0.25) is 10.0 Å². The quantitative estimate of drug-likeness (QED) is 0.152. The van der Waals surface area contributed by atoms with Crippen molar-refractivity contribution in [1.82, 2.24) is 25.5 Å². The molecule has 2 aromatic heterocycles. The normalized spacial score (nSPS) is 15.2. The van der Waals surface area contributed by atoms with Crippen LogP contribution >= 0.6 is 23.2 Å². The van der Waals surface area contributed by atoms with E-state index < -0.39 is 6.10 Å². The summed E-state index contributed by atoms with van der Waals surface area (Å²) in [5.41, 5.74) is 7.32. The third-order valence-corrected chi connectivity index (χ3v) is 9.10.